The Hall–Kier alpha value is -6.37. The number of H-pyrrole nitrogens is 1. The molecule has 2 aliphatic carbocycles. The lowest BCUT2D eigenvalue weighted by atomic mass is 9.70. The Morgan fingerprint density at radius 3 is 2.02 bits per heavy atom. The number of nitrogens with zero attached hydrogens (tertiary/aromatic N) is 7. The molecule has 0 fully saturated rings. The maximum Gasteiger partial charge on any atom is 0.474 e. The third-order valence-corrected chi connectivity index (χ3v) is 9.93. The normalized spacial score (nSPS) is 19.7. The van der Waals surface area contributed by atoms with Crippen LogP contribution in [0.1, 0.15) is 39.3 Å². The van der Waals surface area contributed by atoms with Crippen molar-refractivity contribution in [2.24, 2.45) is 0 Å². The molecule has 3 aliphatic rings. The predicted octanol–water partition coefficient (Wildman–Crippen LogP) is 6.43. The Kier molecular flexibility index (Phi) is 5.14. The van der Waals surface area contributed by atoms with Gasteiger partial charge in [-0.05, 0) is 46.5 Å². The van der Waals surface area contributed by atoms with Gasteiger partial charge in [0.15, 0.2) is 6.20 Å². The van der Waals surface area contributed by atoms with Gasteiger partial charge in [0.1, 0.15) is 18.2 Å². The van der Waals surface area contributed by atoms with Crippen molar-refractivity contribution in [1.82, 2.24) is 30.1 Å². The first-order chi connectivity index (χ1) is 23.2. The molecule has 4 aromatic heterocycles. The molecule has 7 aromatic rings. The van der Waals surface area contributed by atoms with Gasteiger partial charge >= 0.3 is 17.6 Å². The number of hydrogen-bond donors (Lipinski definition) is 1. The van der Waals surface area contributed by atoms with E-state index in [1.807, 2.05) is 42.3 Å². The number of rotatable bonds is 4. The molecule has 0 saturated heterocycles. The number of fused-ring (bicyclic) bond motifs is 7. The summed E-state index contributed by atoms with van der Waals surface area (Å²) in [7, 11) is 1.96. The molecule has 8 heteroatoms. The van der Waals surface area contributed by atoms with E-state index in [-0.39, 0.29) is 0 Å². The first kappa shape index (κ1) is 25.9. The van der Waals surface area contributed by atoms with Crippen LogP contribution in [-0.4, -0.2) is 52.3 Å². The second-order valence-corrected chi connectivity index (χ2v) is 12.1. The Bertz CT molecular complexity index is 2400. The van der Waals surface area contributed by atoms with Crippen molar-refractivity contribution in [3.8, 4) is 22.3 Å². The van der Waals surface area contributed by atoms with Crippen molar-refractivity contribution in [1.29, 1.82) is 0 Å². The largest absolute Gasteiger partial charge is 0.474 e. The molecule has 0 saturated carbocycles. The minimum atomic E-state index is -0.904. The van der Waals surface area contributed by atoms with Crippen LogP contribution in [0.15, 0.2) is 134 Å². The molecule has 0 bridgehead atoms. The second-order valence-electron chi connectivity index (χ2n) is 12.1. The van der Waals surface area contributed by atoms with Gasteiger partial charge in [0.25, 0.3) is 0 Å². The topological polar surface area (TPSA) is 86.3 Å². The molecule has 0 spiro atoms. The van der Waals surface area contributed by atoms with Crippen molar-refractivity contribution in [2.45, 2.75) is 11.0 Å². The summed E-state index contributed by atoms with van der Waals surface area (Å²) >= 11 is 0. The quantitative estimate of drug-likeness (QED) is 0.234. The molecule has 10 rings (SSSR count). The second kappa shape index (κ2) is 9.33. The molecule has 47 heavy (non-hydrogen) atoms. The highest BCUT2D eigenvalue weighted by Gasteiger charge is 2.59. The van der Waals surface area contributed by atoms with Crippen molar-refractivity contribution in [2.75, 3.05) is 7.05 Å². The van der Waals surface area contributed by atoms with Gasteiger partial charge in [-0.2, -0.15) is 10.1 Å². The average Bonchev–Trinajstić information content (AvgIpc) is 3.91. The summed E-state index contributed by atoms with van der Waals surface area (Å²) in [4.78, 5) is 19.8. The fraction of sp³-hybridized carbons (Fsp3) is 0.0769. The van der Waals surface area contributed by atoms with Crippen LogP contribution >= 0.6 is 0 Å². The molecule has 1 N–H and O–H groups in total. The van der Waals surface area contributed by atoms with Crippen LogP contribution in [0.2, 0.25) is 0 Å². The molecular weight excluding hydrogens is 580 g/mol. The molecule has 8 nitrogen and oxygen atoms in total. The van der Waals surface area contributed by atoms with Gasteiger partial charge in [-0.15, -0.1) is 9.15 Å². The van der Waals surface area contributed by atoms with Crippen molar-refractivity contribution >= 4 is 17.6 Å². The average molecular weight is 607 g/mol. The van der Waals surface area contributed by atoms with Gasteiger partial charge in [0, 0.05) is 45.8 Å². The van der Waals surface area contributed by atoms with Gasteiger partial charge in [0.05, 0.1) is 17.6 Å². The smallest absolute Gasteiger partial charge is 0.281 e. The van der Waals surface area contributed by atoms with Crippen LogP contribution in [0.3, 0.4) is 0 Å². The summed E-state index contributed by atoms with van der Waals surface area (Å²) in [6, 6.07) is 40.0. The summed E-state index contributed by atoms with van der Waals surface area (Å²) in [6.07, 6.45) is 9.04. The van der Waals surface area contributed by atoms with E-state index < -0.39 is 11.0 Å². The first-order valence-corrected chi connectivity index (χ1v) is 15.6. The summed E-state index contributed by atoms with van der Waals surface area (Å²) in [5.74, 6) is 1.46. The van der Waals surface area contributed by atoms with Crippen molar-refractivity contribution < 1.29 is 9.15 Å². The fourth-order valence-corrected chi connectivity index (χ4v) is 8.17. The molecule has 2 atom stereocenters. The monoisotopic (exact) mass is 606 g/mol. The number of benzene rings is 3. The van der Waals surface area contributed by atoms with Crippen LogP contribution in [0.25, 0.3) is 22.3 Å². The molecule has 1 aliphatic heterocycles. The standard InChI is InChI=1S/C39H26N8/c1-46-24-47(37-36(46)42-21-22-43-37)39(32-16-5-3-12-28(32)30-14-8-19-41-35(30)39)26-10-6-9-25(23-26)38(33-17-20-44-45-33)31-15-4-2-11-27(31)29-13-7-18-40-34(29)38/h2-23H,1H3,(H,44,45)/q+2. The van der Waals surface area contributed by atoms with E-state index in [0.717, 1.165) is 73.2 Å². The van der Waals surface area contributed by atoms with Crippen molar-refractivity contribution in [3.05, 3.63) is 173 Å². The zero-order chi connectivity index (χ0) is 31.2. The number of aromatic nitrogens is 6. The van der Waals surface area contributed by atoms with E-state index in [0.29, 0.717) is 0 Å². The lowest BCUT2D eigenvalue weighted by Gasteiger charge is -2.33. The van der Waals surface area contributed by atoms with Gasteiger partial charge in [0.2, 0.25) is 5.54 Å². The maximum absolute atomic E-state index is 5.14. The first-order valence-electron chi connectivity index (χ1n) is 15.6. The third kappa shape index (κ3) is 3.14. The summed E-state index contributed by atoms with van der Waals surface area (Å²) in [5, 5.41) is 7.80. The predicted molar refractivity (Wildman–Crippen MR) is 176 cm³/mol. The van der Waals surface area contributed by atoms with Crippen LogP contribution < -0.4 is 0 Å². The van der Waals surface area contributed by atoms with Crippen LogP contribution in [-0.2, 0) is 11.0 Å². The minimum Gasteiger partial charge on any atom is -0.281 e. The maximum atomic E-state index is 5.14. The lowest BCUT2D eigenvalue weighted by molar-refractivity contribution is -0.521. The molecule has 0 amide bonds. The molecule has 5 heterocycles. The lowest BCUT2D eigenvalue weighted by Crippen LogP contribution is -2.39. The highest BCUT2D eigenvalue weighted by atomic mass is 15.3. The number of pyridine rings is 2. The van der Waals surface area contributed by atoms with Crippen molar-refractivity contribution in [3.63, 3.8) is 0 Å². The summed E-state index contributed by atoms with van der Waals surface area (Å²) < 4.78 is 4.04. The molecule has 3 aromatic carbocycles. The van der Waals surface area contributed by atoms with E-state index in [1.54, 1.807) is 12.4 Å². The van der Waals surface area contributed by atoms with Crippen LogP contribution in [0, 0.1) is 0 Å². The molecular formula is C39H26N8+2. The minimum absolute atomic E-state index is 0.718. The molecule has 0 radical (unpaired) electrons. The van der Waals surface area contributed by atoms with E-state index in [1.165, 1.54) is 0 Å². The van der Waals surface area contributed by atoms with E-state index in [2.05, 4.69) is 112 Å². The number of nitrogens with one attached hydrogen (secondary N) is 1. The zero-order valence-electron chi connectivity index (χ0n) is 25.3. The zero-order valence-corrected chi connectivity index (χ0v) is 25.3. The number of aromatic amines is 1. The Morgan fingerprint density at radius 2 is 1.23 bits per heavy atom. The van der Waals surface area contributed by atoms with E-state index in [4.69, 9.17) is 19.9 Å². The third-order valence-electron chi connectivity index (χ3n) is 9.93. The van der Waals surface area contributed by atoms with Crippen LogP contribution in [0.5, 0.6) is 0 Å². The van der Waals surface area contributed by atoms with Gasteiger partial charge in [-0.1, -0.05) is 78.9 Å². The summed E-state index contributed by atoms with van der Waals surface area (Å²) in [5.41, 5.74) is 10.0. The Balaban J connectivity index is 1.34. The SMILES string of the molecule is C[N+]1=C=[N+](C2(c3cccc(C4(c5ccn[nH]5)c5ccccc5-c5cccnc54)c3)c3ccccc3-c3cccnc32)c2nccnc21. The van der Waals surface area contributed by atoms with E-state index in [9.17, 15) is 0 Å². The van der Waals surface area contributed by atoms with Crippen LogP contribution in [0.4, 0.5) is 11.6 Å². The Morgan fingerprint density at radius 1 is 0.574 bits per heavy atom. The summed E-state index contributed by atoms with van der Waals surface area (Å²) in [6.45, 7) is 0. The molecule has 2 unspecified atom stereocenters. The Labute approximate surface area is 270 Å². The highest BCUT2D eigenvalue weighted by Crippen LogP contribution is 2.58. The highest BCUT2D eigenvalue weighted by molar-refractivity contribution is 5.85. The number of hydrogen-bond acceptors (Lipinski definition) is 5. The fourth-order valence-electron chi connectivity index (χ4n) is 8.17. The van der Waals surface area contributed by atoms with Gasteiger partial charge < -0.3 is 0 Å². The molecule has 220 valence electrons. The van der Waals surface area contributed by atoms with E-state index >= 15 is 0 Å². The van der Waals surface area contributed by atoms with Gasteiger partial charge in [-0.3, -0.25) is 15.1 Å². The van der Waals surface area contributed by atoms with Gasteiger partial charge in [-0.25, -0.2) is 0 Å².